The average molecular weight is 429 g/mol. The first kappa shape index (κ1) is 20.9. The fourth-order valence-electron chi connectivity index (χ4n) is 2.62. The Morgan fingerprint density at radius 3 is 2.45 bits per heavy atom. The Morgan fingerprint density at radius 1 is 1.14 bits per heavy atom. The summed E-state index contributed by atoms with van der Waals surface area (Å²) in [4.78, 5) is 25.3. The van der Waals surface area contributed by atoms with E-state index in [2.05, 4.69) is 5.32 Å². The van der Waals surface area contributed by atoms with Crippen LogP contribution in [-0.2, 0) is 6.61 Å². The van der Waals surface area contributed by atoms with E-state index in [1.807, 2.05) is 38.1 Å². The van der Waals surface area contributed by atoms with E-state index in [-0.39, 0.29) is 11.8 Å². The van der Waals surface area contributed by atoms with Gasteiger partial charge in [-0.15, -0.1) is 11.3 Å². The Hall–Kier alpha value is -2.83. The summed E-state index contributed by atoms with van der Waals surface area (Å²) < 4.78 is 5.70. The molecule has 0 spiro atoms. The number of hydrogen-bond donors (Lipinski definition) is 2. The molecule has 0 saturated carbocycles. The number of carbonyl (C=O) groups is 2. The highest BCUT2D eigenvalue weighted by atomic mass is 35.5. The highest BCUT2D eigenvalue weighted by Crippen LogP contribution is 2.33. The molecule has 0 aliphatic heterocycles. The number of amides is 2. The monoisotopic (exact) mass is 428 g/mol. The predicted octanol–water partition coefficient (Wildman–Crippen LogP) is 5.46. The molecule has 2 amide bonds. The molecule has 1 aromatic heterocycles. The molecule has 3 N–H and O–H groups in total. The zero-order valence-electron chi connectivity index (χ0n) is 16.1. The number of primary amides is 1. The molecule has 1 heterocycles. The van der Waals surface area contributed by atoms with Crippen molar-refractivity contribution < 1.29 is 14.3 Å². The number of nitrogens with one attached hydrogen (secondary N) is 1. The fourth-order valence-corrected chi connectivity index (χ4v) is 3.87. The van der Waals surface area contributed by atoms with Gasteiger partial charge in [0, 0.05) is 10.4 Å². The van der Waals surface area contributed by atoms with Gasteiger partial charge in [-0.05, 0) is 41.8 Å². The number of halogens is 1. The maximum atomic E-state index is 12.6. The van der Waals surface area contributed by atoms with E-state index in [9.17, 15) is 9.59 Å². The Balaban J connectivity index is 1.68. The zero-order valence-corrected chi connectivity index (χ0v) is 17.6. The summed E-state index contributed by atoms with van der Waals surface area (Å²) in [5, 5.41) is 3.81. The summed E-state index contributed by atoms with van der Waals surface area (Å²) in [7, 11) is 0. The van der Waals surface area contributed by atoms with Crippen LogP contribution in [0.1, 0.15) is 50.9 Å². The quantitative estimate of drug-likeness (QED) is 0.524. The summed E-state index contributed by atoms with van der Waals surface area (Å²) in [5.74, 6) is -0.0199. The second-order valence-electron chi connectivity index (χ2n) is 6.78. The van der Waals surface area contributed by atoms with Crippen molar-refractivity contribution in [3.63, 3.8) is 0 Å². The molecule has 0 saturated heterocycles. The summed E-state index contributed by atoms with van der Waals surface area (Å²) in [6, 6.07) is 16.0. The second-order valence-corrected chi connectivity index (χ2v) is 8.27. The summed E-state index contributed by atoms with van der Waals surface area (Å²) >= 11 is 7.44. The van der Waals surface area contributed by atoms with Crippen molar-refractivity contribution in [2.75, 3.05) is 5.32 Å². The van der Waals surface area contributed by atoms with Crippen molar-refractivity contribution in [3.05, 3.63) is 81.2 Å². The molecule has 29 heavy (non-hydrogen) atoms. The molecule has 5 nitrogen and oxygen atoms in total. The van der Waals surface area contributed by atoms with Gasteiger partial charge in [-0.1, -0.05) is 49.7 Å². The van der Waals surface area contributed by atoms with Crippen molar-refractivity contribution >= 4 is 39.8 Å². The Labute approximate surface area is 178 Å². The number of para-hydroxylation sites is 1. The van der Waals surface area contributed by atoms with Gasteiger partial charge in [-0.3, -0.25) is 9.59 Å². The van der Waals surface area contributed by atoms with Crippen LogP contribution in [0.2, 0.25) is 5.02 Å². The lowest BCUT2D eigenvalue weighted by atomic mass is 10.1. The van der Waals surface area contributed by atoms with Crippen molar-refractivity contribution in [1.82, 2.24) is 0 Å². The van der Waals surface area contributed by atoms with Gasteiger partial charge >= 0.3 is 0 Å². The van der Waals surface area contributed by atoms with Crippen LogP contribution in [0.3, 0.4) is 0 Å². The molecule has 0 aliphatic carbocycles. The minimum atomic E-state index is -0.560. The number of ether oxygens (including phenoxy) is 1. The third kappa shape index (κ3) is 5.16. The zero-order chi connectivity index (χ0) is 21.0. The lowest BCUT2D eigenvalue weighted by Gasteiger charge is -2.09. The van der Waals surface area contributed by atoms with Crippen molar-refractivity contribution in [1.29, 1.82) is 0 Å². The molecule has 150 valence electrons. The van der Waals surface area contributed by atoms with Crippen LogP contribution in [0.4, 0.5) is 5.00 Å². The van der Waals surface area contributed by atoms with E-state index < -0.39 is 5.91 Å². The summed E-state index contributed by atoms with van der Waals surface area (Å²) in [6.45, 7) is 4.37. The second kappa shape index (κ2) is 9.11. The molecule has 0 unspecified atom stereocenters. The highest BCUT2D eigenvalue weighted by molar-refractivity contribution is 7.16. The third-order valence-corrected chi connectivity index (χ3v) is 5.92. The van der Waals surface area contributed by atoms with Crippen molar-refractivity contribution in [2.24, 2.45) is 5.73 Å². The van der Waals surface area contributed by atoms with Gasteiger partial charge in [-0.25, -0.2) is 0 Å². The molecule has 3 rings (SSSR count). The van der Waals surface area contributed by atoms with Crippen molar-refractivity contribution in [3.8, 4) is 5.75 Å². The number of carbonyl (C=O) groups excluding carboxylic acids is 2. The number of thiophene rings is 1. The first-order chi connectivity index (χ1) is 13.8. The molecule has 0 radical (unpaired) electrons. The standard InChI is InChI=1S/C22H21ClN2O3S/c1-13(2)19-11-16(20(24)26)22(29-19)25-21(27)15-9-7-14(8-10-15)12-28-18-6-4-3-5-17(18)23/h3-11,13H,12H2,1-2H3,(H2,24,26)(H,25,27). The number of anilines is 1. The van der Waals surface area contributed by atoms with Gasteiger partial charge in [-0.2, -0.15) is 0 Å². The van der Waals surface area contributed by atoms with Gasteiger partial charge < -0.3 is 15.8 Å². The van der Waals surface area contributed by atoms with Gasteiger partial charge in [0.15, 0.2) is 0 Å². The molecule has 0 atom stereocenters. The Bertz CT molecular complexity index is 1030. The average Bonchev–Trinajstić information content (AvgIpc) is 3.12. The lowest BCUT2D eigenvalue weighted by Crippen LogP contribution is -2.16. The number of nitrogens with two attached hydrogens (primary N) is 1. The summed E-state index contributed by atoms with van der Waals surface area (Å²) in [5.41, 5.74) is 7.15. The van der Waals surface area contributed by atoms with E-state index >= 15 is 0 Å². The maximum absolute atomic E-state index is 12.6. The van der Waals surface area contributed by atoms with Crippen molar-refractivity contribution in [2.45, 2.75) is 26.4 Å². The molecular weight excluding hydrogens is 408 g/mol. The predicted molar refractivity (Wildman–Crippen MR) is 117 cm³/mol. The minimum absolute atomic E-state index is 0.237. The molecule has 7 heteroatoms. The van der Waals surface area contributed by atoms with Crippen LogP contribution in [0.25, 0.3) is 0 Å². The largest absolute Gasteiger partial charge is 0.487 e. The first-order valence-corrected chi connectivity index (χ1v) is 10.3. The third-order valence-electron chi connectivity index (χ3n) is 4.26. The van der Waals surface area contributed by atoms with E-state index in [0.717, 1.165) is 10.4 Å². The number of rotatable bonds is 7. The topological polar surface area (TPSA) is 81.4 Å². The van der Waals surface area contributed by atoms with E-state index in [4.69, 9.17) is 22.1 Å². The Morgan fingerprint density at radius 2 is 1.83 bits per heavy atom. The number of hydrogen-bond acceptors (Lipinski definition) is 4. The van der Waals surface area contributed by atoms with Crippen LogP contribution in [-0.4, -0.2) is 11.8 Å². The van der Waals surface area contributed by atoms with E-state index in [1.165, 1.54) is 11.3 Å². The van der Waals surface area contributed by atoms with Crippen LogP contribution in [0.15, 0.2) is 54.6 Å². The normalized spacial score (nSPS) is 10.8. The molecule has 0 aliphatic rings. The highest BCUT2D eigenvalue weighted by Gasteiger charge is 2.18. The van der Waals surface area contributed by atoms with Crippen LogP contribution in [0, 0.1) is 0 Å². The molecule has 0 bridgehead atoms. The minimum Gasteiger partial charge on any atom is -0.487 e. The Kier molecular flexibility index (Phi) is 6.56. The lowest BCUT2D eigenvalue weighted by molar-refractivity contribution is 0.100. The maximum Gasteiger partial charge on any atom is 0.256 e. The first-order valence-electron chi connectivity index (χ1n) is 9.06. The van der Waals surface area contributed by atoms with Gasteiger partial charge in [0.1, 0.15) is 17.4 Å². The van der Waals surface area contributed by atoms with Gasteiger partial charge in [0.25, 0.3) is 11.8 Å². The van der Waals surface area contributed by atoms with Crippen LogP contribution < -0.4 is 15.8 Å². The van der Waals surface area contributed by atoms with Gasteiger partial charge in [0.2, 0.25) is 0 Å². The van der Waals surface area contributed by atoms with E-state index in [1.54, 1.807) is 30.3 Å². The molecule has 3 aromatic rings. The summed E-state index contributed by atoms with van der Waals surface area (Å²) in [6.07, 6.45) is 0. The smallest absolute Gasteiger partial charge is 0.256 e. The van der Waals surface area contributed by atoms with E-state index in [0.29, 0.717) is 33.5 Å². The SMILES string of the molecule is CC(C)c1cc(C(N)=O)c(NC(=O)c2ccc(COc3ccccc3Cl)cc2)s1. The molecular formula is C22H21ClN2O3S. The van der Waals surface area contributed by atoms with Crippen LogP contribution in [0.5, 0.6) is 5.75 Å². The molecule has 0 fully saturated rings. The fraction of sp³-hybridized carbons (Fsp3) is 0.182. The number of benzene rings is 2. The molecule has 2 aromatic carbocycles. The van der Waals surface area contributed by atoms with Crippen LogP contribution >= 0.6 is 22.9 Å². The van der Waals surface area contributed by atoms with Gasteiger partial charge in [0.05, 0.1) is 10.6 Å².